The smallest absolute Gasteiger partial charge is 0.337 e. The van der Waals surface area contributed by atoms with Crippen LogP contribution in [0.3, 0.4) is 0 Å². The van der Waals surface area contributed by atoms with Crippen molar-refractivity contribution in [3.8, 4) is 0 Å². The second-order valence-electron chi connectivity index (χ2n) is 4.59. The molecule has 20 heavy (non-hydrogen) atoms. The largest absolute Gasteiger partial charge is 0.465 e. The van der Waals surface area contributed by atoms with Crippen molar-refractivity contribution in [1.29, 1.82) is 0 Å². The zero-order valence-electron chi connectivity index (χ0n) is 11.3. The predicted octanol–water partition coefficient (Wildman–Crippen LogP) is 2.78. The molecule has 0 saturated carbocycles. The van der Waals surface area contributed by atoms with Crippen molar-refractivity contribution in [1.82, 2.24) is 3.97 Å². The lowest BCUT2D eigenvalue weighted by molar-refractivity contribution is 0.0601. The third-order valence-electron chi connectivity index (χ3n) is 3.01. The molecule has 0 aliphatic rings. The van der Waals surface area contributed by atoms with Gasteiger partial charge in [0.05, 0.1) is 23.4 Å². The molecule has 0 spiro atoms. The van der Waals surface area contributed by atoms with Gasteiger partial charge in [-0.1, -0.05) is 15.9 Å². The van der Waals surface area contributed by atoms with E-state index in [0.717, 1.165) is 5.39 Å². The first-order valence-electron chi connectivity index (χ1n) is 5.92. The van der Waals surface area contributed by atoms with E-state index in [0.29, 0.717) is 15.6 Å². The number of rotatable bonds is 3. The van der Waals surface area contributed by atoms with Crippen LogP contribution in [0.25, 0.3) is 10.9 Å². The Bertz CT molecular complexity index is 777. The summed E-state index contributed by atoms with van der Waals surface area (Å²) < 4.78 is 31.1. The molecule has 108 valence electrons. The van der Waals surface area contributed by atoms with Gasteiger partial charge in [-0.05, 0) is 32.0 Å². The maximum Gasteiger partial charge on any atom is 0.337 e. The van der Waals surface area contributed by atoms with Gasteiger partial charge in [0.25, 0.3) is 0 Å². The Morgan fingerprint density at radius 2 is 2.00 bits per heavy atom. The van der Waals surface area contributed by atoms with Gasteiger partial charge in [-0.15, -0.1) is 0 Å². The summed E-state index contributed by atoms with van der Waals surface area (Å²) in [6.45, 7) is 3.22. The maximum absolute atomic E-state index is 12.3. The zero-order chi connectivity index (χ0) is 15.1. The first kappa shape index (κ1) is 15.1. The SMILES string of the molecule is COC(=O)c1cc(Br)c2ccn(S(=O)(=O)C(C)C)c2c1. The van der Waals surface area contributed by atoms with Gasteiger partial charge in [-0.3, -0.25) is 0 Å². The van der Waals surface area contributed by atoms with Crippen LogP contribution in [-0.4, -0.2) is 30.7 Å². The fourth-order valence-electron chi connectivity index (χ4n) is 1.86. The molecular formula is C13H14BrNO4S. The Hall–Kier alpha value is -1.34. The van der Waals surface area contributed by atoms with Gasteiger partial charge >= 0.3 is 5.97 Å². The molecule has 5 nitrogen and oxygen atoms in total. The number of benzene rings is 1. The quantitative estimate of drug-likeness (QED) is 0.790. The van der Waals surface area contributed by atoms with Crippen LogP contribution in [0.5, 0.6) is 0 Å². The van der Waals surface area contributed by atoms with E-state index in [2.05, 4.69) is 20.7 Å². The molecule has 1 heterocycles. The summed E-state index contributed by atoms with van der Waals surface area (Å²) in [5, 5.41) is 0.167. The summed E-state index contributed by atoms with van der Waals surface area (Å²) in [5.41, 5.74) is 0.749. The number of methoxy groups -OCH3 is 1. The number of aromatic nitrogens is 1. The average molecular weight is 360 g/mol. The summed E-state index contributed by atoms with van der Waals surface area (Å²) in [6.07, 6.45) is 1.49. The van der Waals surface area contributed by atoms with Crippen molar-refractivity contribution < 1.29 is 17.9 Å². The summed E-state index contributed by atoms with van der Waals surface area (Å²) >= 11 is 3.35. The Morgan fingerprint density at radius 1 is 1.35 bits per heavy atom. The van der Waals surface area contributed by atoms with Crippen LogP contribution in [0.15, 0.2) is 28.9 Å². The lowest BCUT2D eigenvalue weighted by atomic mass is 10.2. The molecule has 0 aliphatic heterocycles. The molecule has 1 aromatic carbocycles. The summed E-state index contributed by atoms with van der Waals surface area (Å²) in [6, 6.07) is 4.83. The number of hydrogen-bond acceptors (Lipinski definition) is 4. The van der Waals surface area contributed by atoms with Crippen molar-refractivity contribution in [2.75, 3.05) is 7.11 Å². The van der Waals surface area contributed by atoms with Crippen LogP contribution in [0, 0.1) is 0 Å². The minimum atomic E-state index is -3.48. The molecule has 0 amide bonds. The zero-order valence-corrected chi connectivity index (χ0v) is 13.7. The van der Waals surface area contributed by atoms with Crippen LogP contribution in [0.4, 0.5) is 0 Å². The monoisotopic (exact) mass is 359 g/mol. The van der Waals surface area contributed by atoms with Gasteiger partial charge in [0.2, 0.25) is 10.0 Å². The minimum Gasteiger partial charge on any atom is -0.465 e. The van der Waals surface area contributed by atoms with Crippen molar-refractivity contribution in [2.24, 2.45) is 0 Å². The number of hydrogen-bond donors (Lipinski definition) is 0. The Labute approximate surface area is 125 Å². The average Bonchev–Trinajstić information content (AvgIpc) is 2.82. The summed E-state index contributed by atoms with van der Waals surface area (Å²) in [5.74, 6) is -0.512. The predicted molar refractivity (Wildman–Crippen MR) is 80.4 cm³/mol. The highest BCUT2D eigenvalue weighted by Gasteiger charge is 2.22. The molecule has 0 radical (unpaired) electrons. The molecule has 0 atom stereocenters. The molecule has 2 rings (SSSR count). The van der Waals surface area contributed by atoms with Gasteiger partial charge in [0.1, 0.15) is 0 Å². The second kappa shape index (κ2) is 5.21. The Kier molecular flexibility index (Phi) is 3.93. The fraction of sp³-hybridized carbons (Fsp3) is 0.308. The van der Waals surface area contributed by atoms with Gasteiger partial charge in [-0.25, -0.2) is 17.2 Å². The first-order valence-corrected chi connectivity index (χ1v) is 8.22. The van der Waals surface area contributed by atoms with E-state index in [1.54, 1.807) is 26.0 Å². The number of fused-ring (bicyclic) bond motifs is 1. The van der Waals surface area contributed by atoms with Crippen LogP contribution in [0.2, 0.25) is 0 Å². The van der Waals surface area contributed by atoms with Gasteiger partial charge in [-0.2, -0.15) is 0 Å². The molecule has 7 heteroatoms. The van der Waals surface area contributed by atoms with E-state index in [9.17, 15) is 13.2 Å². The van der Waals surface area contributed by atoms with E-state index in [-0.39, 0.29) is 0 Å². The summed E-state index contributed by atoms with van der Waals surface area (Å²) in [7, 11) is -2.20. The van der Waals surface area contributed by atoms with E-state index in [1.807, 2.05) is 0 Å². The Balaban J connectivity index is 2.77. The lowest BCUT2D eigenvalue weighted by Crippen LogP contribution is -2.21. The van der Waals surface area contributed by atoms with Crippen molar-refractivity contribution in [2.45, 2.75) is 19.1 Å². The number of ether oxygens (including phenoxy) is 1. The third kappa shape index (κ3) is 2.35. The van der Waals surface area contributed by atoms with Gasteiger partial charge < -0.3 is 4.74 Å². The number of halogens is 1. The molecule has 1 aromatic heterocycles. The van der Waals surface area contributed by atoms with E-state index in [1.165, 1.54) is 23.3 Å². The highest BCUT2D eigenvalue weighted by atomic mass is 79.9. The van der Waals surface area contributed by atoms with Gasteiger partial charge in [0.15, 0.2) is 0 Å². The third-order valence-corrected chi connectivity index (χ3v) is 5.73. The normalized spacial score (nSPS) is 12.1. The number of nitrogens with zero attached hydrogens (tertiary/aromatic N) is 1. The molecule has 0 aliphatic carbocycles. The van der Waals surface area contributed by atoms with E-state index >= 15 is 0 Å². The summed E-state index contributed by atoms with van der Waals surface area (Å²) in [4.78, 5) is 11.6. The van der Waals surface area contributed by atoms with Crippen LogP contribution >= 0.6 is 15.9 Å². The van der Waals surface area contributed by atoms with Crippen LogP contribution < -0.4 is 0 Å². The topological polar surface area (TPSA) is 65.4 Å². The van der Waals surface area contributed by atoms with Crippen molar-refractivity contribution in [3.63, 3.8) is 0 Å². The van der Waals surface area contributed by atoms with Crippen LogP contribution in [-0.2, 0) is 14.8 Å². The van der Waals surface area contributed by atoms with Crippen molar-refractivity contribution in [3.05, 3.63) is 34.4 Å². The number of carbonyl (C=O) groups excluding carboxylic acids is 1. The molecular weight excluding hydrogens is 346 g/mol. The van der Waals surface area contributed by atoms with Crippen LogP contribution in [0.1, 0.15) is 24.2 Å². The fourth-order valence-corrected chi connectivity index (χ4v) is 3.55. The van der Waals surface area contributed by atoms with Crippen molar-refractivity contribution >= 4 is 42.8 Å². The molecule has 2 aromatic rings. The van der Waals surface area contributed by atoms with Gasteiger partial charge in [0, 0.05) is 16.1 Å². The molecule has 0 unspecified atom stereocenters. The first-order chi connectivity index (χ1) is 9.28. The Morgan fingerprint density at radius 3 is 2.55 bits per heavy atom. The van der Waals surface area contributed by atoms with E-state index < -0.39 is 21.2 Å². The molecule has 0 bridgehead atoms. The number of esters is 1. The second-order valence-corrected chi connectivity index (χ2v) is 7.81. The highest BCUT2D eigenvalue weighted by molar-refractivity contribution is 9.10. The maximum atomic E-state index is 12.3. The minimum absolute atomic E-state index is 0.297. The number of carbonyl (C=O) groups is 1. The highest BCUT2D eigenvalue weighted by Crippen LogP contribution is 2.29. The molecule has 0 N–H and O–H groups in total. The van der Waals surface area contributed by atoms with E-state index in [4.69, 9.17) is 0 Å². The lowest BCUT2D eigenvalue weighted by Gasteiger charge is -2.11. The standard InChI is InChI=1S/C13H14BrNO4S/c1-8(2)20(17,18)15-5-4-10-11(14)6-9(7-12(10)15)13(16)19-3/h4-8H,1-3H3. The molecule has 0 fully saturated rings. The molecule has 0 saturated heterocycles.